The minimum atomic E-state index is -4.64. The Hall–Kier alpha value is -3.01. The zero-order valence-electron chi connectivity index (χ0n) is 17.3. The number of piperidine rings is 1. The molecule has 7 nitrogen and oxygen atoms in total. The summed E-state index contributed by atoms with van der Waals surface area (Å²) in [7, 11) is 2.92. The number of carbonyl (C=O) groups is 1. The first-order valence-corrected chi connectivity index (χ1v) is 9.99. The number of alkyl halides is 3. The van der Waals surface area contributed by atoms with Gasteiger partial charge < -0.3 is 14.4 Å². The van der Waals surface area contributed by atoms with Gasteiger partial charge in [0.15, 0.2) is 17.3 Å². The molecular weight excluding hydrogens is 413 g/mol. The SMILES string of the molecule is COc1ccc(C2=NC3=C(C(=O)N4CCCCC4)CNN3C(C(F)(F)F)=C2)cc1OC. The Kier molecular flexibility index (Phi) is 5.65. The molecule has 1 fully saturated rings. The fourth-order valence-corrected chi connectivity index (χ4v) is 3.92. The molecule has 0 unspecified atom stereocenters. The molecule has 3 aliphatic rings. The Bertz CT molecular complexity index is 979. The minimum absolute atomic E-state index is 0.0131. The molecule has 3 heterocycles. The molecule has 4 rings (SSSR count). The number of hydrogen-bond acceptors (Lipinski definition) is 6. The number of amides is 1. The summed E-state index contributed by atoms with van der Waals surface area (Å²) in [6.45, 7) is 1.19. The van der Waals surface area contributed by atoms with Crippen molar-refractivity contribution in [3.63, 3.8) is 0 Å². The van der Waals surface area contributed by atoms with E-state index in [1.807, 2.05) is 0 Å². The number of benzene rings is 1. The number of rotatable bonds is 4. The smallest absolute Gasteiger partial charge is 0.433 e. The van der Waals surface area contributed by atoms with Crippen LogP contribution in [-0.4, -0.2) is 61.6 Å². The number of ether oxygens (including phenoxy) is 2. The largest absolute Gasteiger partial charge is 0.493 e. The third kappa shape index (κ3) is 3.99. The van der Waals surface area contributed by atoms with E-state index in [2.05, 4.69) is 10.4 Å². The van der Waals surface area contributed by atoms with Gasteiger partial charge in [-0.05, 0) is 43.5 Å². The van der Waals surface area contributed by atoms with Crippen molar-refractivity contribution in [3.8, 4) is 11.5 Å². The van der Waals surface area contributed by atoms with E-state index in [1.165, 1.54) is 14.2 Å². The van der Waals surface area contributed by atoms with E-state index in [0.717, 1.165) is 30.3 Å². The van der Waals surface area contributed by atoms with Crippen LogP contribution in [0.1, 0.15) is 24.8 Å². The summed E-state index contributed by atoms with van der Waals surface area (Å²) >= 11 is 0. The Morgan fingerprint density at radius 3 is 2.45 bits per heavy atom. The second-order valence-corrected chi connectivity index (χ2v) is 7.42. The van der Waals surface area contributed by atoms with Gasteiger partial charge in [0, 0.05) is 25.2 Å². The second kappa shape index (κ2) is 8.26. The summed E-state index contributed by atoms with van der Waals surface area (Å²) in [6, 6.07) is 4.77. The summed E-state index contributed by atoms with van der Waals surface area (Å²) in [5.74, 6) is 0.529. The van der Waals surface area contributed by atoms with Crippen LogP contribution >= 0.6 is 0 Å². The number of allylic oxidation sites excluding steroid dienone is 2. The molecule has 1 N–H and O–H groups in total. The molecule has 0 aromatic heterocycles. The number of halogens is 3. The highest BCUT2D eigenvalue weighted by Crippen LogP contribution is 2.37. The van der Waals surface area contributed by atoms with Gasteiger partial charge >= 0.3 is 6.18 Å². The van der Waals surface area contributed by atoms with Crippen LogP contribution < -0.4 is 14.9 Å². The molecule has 3 aliphatic heterocycles. The van der Waals surface area contributed by atoms with Crippen molar-refractivity contribution < 1.29 is 27.4 Å². The van der Waals surface area contributed by atoms with Crippen molar-refractivity contribution in [1.29, 1.82) is 0 Å². The maximum Gasteiger partial charge on any atom is 0.433 e. The van der Waals surface area contributed by atoms with Crippen molar-refractivity contribution in [3.05, 3.63) is 46.9 Å². The standard InChI is InChI=1S/C21H23F3N4O3/c1-30-16-7-6-13(10-17(16)31-2)15-11-18(21(22,23)24)28-19(26-15)14(12-25-28)20(29)27-8-4-3-5-9-27/h6-7,10-11,25H,3-5,8-9,12H2,1-2H3. The van der Waals surface area contributed by atoms with Crippen LogP contribution in [0.2, 0.25) is 0 Å². The molecule has 10 heteroatoms. The maximum absolute atomic E-state index is 13.8. The first-order valence-electron chi connectivity index (χ1n) is 9.99. The Balaban J connectivity index is 1.79. The average Bonchev–Trinajstić information content (AvgIpc) is 3.21. The van der Waals surface area contributed by atoms with Gasteiger partial charge in [-0.15, -0.1) is 0 Å². The number of aliphatic imine (C=N–C) groups is 1. The molecule has 166 valence electrons. The lowest BCUT2D eigenvalue weighted by molar-refractivity contribution is -0.128. The maximum atomic E-state index is 13.8. The van der Waals surface area contributed by atoms with Crippen LogP contribution in [0.25, 0.3) is 0 Å². The third-order valence-electron chi connectivity index (χ3n) is 5.51. The van der Waals surface area contributed by atoms with Crippen LogP contribution in [-0.2, 0) is 4.79 Å². The van der Waals surface area contributed by atoms with E-state index in [-0.39, 0.29) is 29.6 Å². The van der Waals surface area contributed by atoms with Crippen LogP contribution in [0.3, 0.4) is 0 Å². The number of methoxy groups -OCH3 is 2. The highest BCUT2D eigenvalue weighted by molar-refractivity contribution is 6.11. The van der Waals surface area contributed by atoms with Gasteiger partial charge in [-0.3, -0.25) is 9.80 Å². The Labute approximate surface area is 177 Å². The molecule has 0 spiro atoms. The summed E-state index contributed by atoms with van der Waals surface area (Å²) in [6.07, 6.45) is -0.854. The van der Waals surface area contributed by atoms with E-state index < -0.39 is 11.9 Å². The summed E-state index contributed by atoms with van der Waals surface area (Å²) in [5.41, 5.74) is 2.48. The van der Waals surface area contributed by atoms with Crippen molar-refractivity contribution >= 4 is 11.6 Å². The van der Waals surface area contributed by atoms with Crippen LogP contribution in [0.5, 0.6) is 11.5 Å². The molecule has 1 aromatic rings. The molecule has 1 amide bonds. The molecular formula is C21H23F3N4O3. The van der Waals surface area contributed by atoms with Gasteiger partial charge in [0.05, 0.1) is 25.5 Å². The van der Waals surface area contributed by atoms with E-state index in [9.17, 15) is 18.0 Å². The van der Waals surface area contributed by atoms with E-state index >= 15 is 0 Å². The van der Waals surface area contributed by atoms with Gasteiger partial charge in [0.25, 0.3) is 5.91 Å². The van der Waals surface area contributed by atoms with Crippen LogP contribution in [0.15, 0.2) is 46.4 Å². The molecule has 0 atom stereocenters. The van der Waals surface area contributed by atoms with E-state index in [1.54, 1.807) is 23.1 Å². The molecule has 0 saturated carbocycles. The zero-order valence-corrected chi connectivity index (χ0v) is 17.3. The van der Waals surface area contributed by atoms with Crippen LogP contribution in [0.4, 0.5) is 13.2 Å². The predicted octanol–water partition coefficient (Wildman–Crippen LogP) is 3.00. The van der Waals surface area contributed by atoms with E-state index in [0.29, 0.717) is 30.2 Å². The summed E-state index contributed by atoms with van der Waals surface area (Å²) < 4.78 is 52.0. The topological polar surface area (TPSA) is 66.4 Å². The lowest BCUT2D eigenvalue weighted by atomic mass is 10.1. The molecule has 31 heavy (non-hydrogen) atoms. The lowest BCUT2D eigenvalue weighted by Crippen LogP contribution is -2.39. The van der Waals surface area contributed by atoms with Gasteiger partial charge in [-0.25, -0.2) is 10.4 Å². The van der Waals surface area contributed by atoms with Gasteiger partial charge in [-0.2, -0.15) is 13.2 Å². The highest BCUT2D eigenvalue weighted by atomic mass is 19.4. The van der Waals surface area contributed by atoms with Crippen molar-refractivity contribution in [2.45, 2.75) is 25.4 Å². The van der Waals surface area contributed by atoms with Gasteiger partial charge in [0.2, 0.25) is 0 Å². The Morgan fingerprint density at radius 2 is 1.81 bits per heavy atom. The number of nitrogens with zero attached hydrogens (tertiary/aromatic N) is 3. The monoisotopic (exact) mass is 436 g/mol. The number of fused-ring (bicyclic) bond motifs is 1. The first kappa shape index (κ1) is 21.2. The second-order valence-electron chi connectivity index (χ2n) is 7.42. The number of carbonyl (C=O) groups excluding carboxylic acids is 1. The first-order chi connectivity index (χ1) is 14.8. The van der Waals surface area contributed by atoms with Crippen LogP contribution in [0, 0.1) is 0 Å². The Morgan fingerprint density at radius 1 is 1.10 bits per heavy atom. The van der Waals surface area contributed by atoms with E-state index in [4.69, 9.17) is 9.47 Å². The average molecular weight is 436 g/mol. The van der Waals surface area contributed by atoms with Crippen molar-refractivity contribution in [2.24, 2.45) is 4.99 Å². The molecule has 0 radical (unpaired) electrons. The fraction of sp³-hybridized carbons (Fsp3) is 0.429. The zero-order chi connectivity index (χ0) is 22.2. The summed E-state index contributed by atoms with van der Waals surface area (Å²) in [5, 5.41) is 0.863. The minimum Gasteiger partial charge on any atom is -0.493 e. The van der Waals surface area contributed by atoms with Gasteiger partial charge in [-0.1, -0.05) is 0 Å². The third-order valence-corrected chi connectivity index (χ3v) is 5.51. The molecule has 0 bridgehead atoms. The lowest BCUT2D eigenvalue weighted by Gasteiger charge is -2.29. The van der Waals surface area contributed by atoms with Crippen molar-refractivity contribution in [1.82, 2.24) is 15.3 Å². The molecule has 1 saturated heterocycles. The number of likely N-dealkylation sites (tertiary alicyclic amines) is 1. The van der Waals surface area contributed by atoms with Crippen molar-refractivity contribution in [2.75, 3.05) is 33.9 Å². The highest BCUT2D eigenvalue weighted by Gasteiger charge is 2.45. The predicted molar refractivity (Wildman–Crippen MR) is 108 cm³/mol. The number of hydrazine groups is 1. The van der Waals surface area contributed by atoms with Gasteiger partial charge in [0.1, 0.15) is 5.70 Å². The number of hydrogen-bond donors (Lipinski definition) is 1. The normalized spacial score (nSPS) is 19.1. The quantitative estimate of drug-likeness (QED) is 0.786. The molecule has 0 aliphatic carbocycles. The fourth-order valence-electron chi connectivity index (χ4n) is 3.92. The summed E-state index contributed by atoms with van der Waals surface area (Å²) in [4.78, 5) is 19.2. The number of nitrogens with one attached hydrogen (secondary N) is 1. The molecule has 1 aromatic carbocycles.